The average molecular weight is 342 g/mol. The minimum absolute atomic E-state index is 0.742. The lowest BCUT2D eigenvalue weighted by molar-refractivity contribution is 0.166. The van der Waals surface area contributed by atoms with Gasteiger partial charge in [-0.1, -0.05) is 13.8 Å². The van der Waals surface area contributed by atoms with Gasteiger partial charge in [0, 0.05) is 6.54 Å². The predicted octanol–water partition coefficient (Wildman–Crippen LogP) is 3.79. The highest BCUT2D eigenvalue weighted by molar-refractivity contribution is 9.10. The number of hydrogen-bond donors (Lipinski definition) is 1. The Hall–Kier alpha value is -0.350. The Kier molecular flexibility index (Phi) is 5.67. The standard InChI is InChI=1S/C16H28BrN3/c1-5-20-15(16(17)12(4)19-20)8-13-6-7-14(13)10-18-9-11(2)3/h11,13-14,18H,5-10H2,1-4H3. The minimum Gasteiger partial charge on any atom is -0.316 e. The molecule has 20 heavy (non-hydrogen) atoms. The zero-order chi connectivity index (χ0) is 14.7. The molecule has 1 aromatic heterocycles. The molecule has 0 aliphatic heterocycles. The van der Waals surface area contributed by atoms with E-state index in [4.69, 9.17) is 0 Å². The first-order valence-corrected chi connectivity index (χ1v) is 8.74. The van der Waals surface area contributed by atoms with Crippen LogP contribution in [0.4, 0.5) is 0 Å². The summed E-state index contributed by atoms with van der Waals surface area (Å²) in [6.45, 7) is 12.1. The molecule has 2 atom stereocenters. The van der Waals surface area contributed by atoms with Gasteiger partial charge in [0.25, 0.3) is 0 Å². The van der Waals surface area contributed by atoms with Crippen LogP contribution in [0.1, 0.15) is 45.0 Å². The fraction of sp³-hybridized carbons (Fsp3) is 0.812. The average Bonchev–Trinajstić information content (AvgIpc) is 2.66. The molecule has 2 rings (SSSR count). The van der Waals surface area contributed by atoms with E-state index in [1.807, 2.05) is 0 Å². The topological polar surface area (TPSA) is 29.9 Å². The van der Waals surface area contributed by atoms with Crippen molar-refractivity contribution in [2.24, 2.45) is 17.8 Å². The molecule has 1 saturated carbocycles. The van der Waals surface area contributed by atoms with Crippen LogP contribution >= 0.6 is 15.9 Å². The minimum atomic E-state index is 0.742. The quantitative estimate of drug-likeness (QED) is 0.817. The van der Waals surface area contributed by atoms with Crippen LogP contribution in [0.2, 0.25) is 0 Å². The van der Waals surface area contributed by atoms with Crippen molar-refractivity contribution in [2.45, 2.75) is 53.5 Å². The summed E-state index contributed by atoms with van der Waals surface area (Å²) in [5.41, 5.74) is 2.51. The molecular formula is C16H28BrN3. The molecule has 0 aromatic carbocycles. The fourth-order valence-corrected chi connectivity index (χ4v) is 3.49. The Labute approximate surface area is 131 Å². The molecule has 114 valence electrons. The zero-order valence-electron chi connectivity index (χ0n) is 13.2. The summed E-state index contributed by atoms with van der Waals surface area (Å²) in [6.07, 6.45) is 3.92. The zero-order valence-corrected chi connectivity index (χ0v) is 14.8. The highest BCUT2D eigenvalue weighted by Gasteiger charge is 2.32. The van der Waals surface area contributed by atoms with E-state index in [0.29, 0.717) is 0 Å². The number of nitrogens with zero attached hydrogens (tertiary/aromatic N) is 2. The molecule has 0 amide bonds. The van der Waals surface area contributed by atoms with Crippen molar-refractivity contribution in [2.75, 3.05) is 13.1 Å². The fourth-order valence-electron chi connectivity index (χ4n) is 3.05. The summed E-state index contributed by atoms with van der Waals surface area (Å²) in [5.74, 6) is 2.42. The van der Waals surface area contributed by atoms with Gasteiger partial charge in [-0.3, -0.25) is 4.68 Å². The van der Waals surface area contributed by atoms with E-state index in [0.717, 1.165) is 36.5 Å². The lowest BCUT2D eigenvalue weighted by Gasteiger charge is -2.37. The van der Waals surface area contributed by atoms with Crippen LogP contribution in [-0.4, -0.2) is 22.9 Å². The largest absolute Gasteiger partial charge is 0.316 e. The predicted molar refractivity (Wildman–Crippen MR) is 88.0 cm³/mol. The van der Waals surface area contributed by atoms with Gasteiger partial charge in [0.2, 0.25) is 0 Å². The van der Waals surface area contributed by atoms with Gasteiger partial charge in [-0.25, -0.2) is 0 Å². The van der Waals surface area contributed by atoms with Crippen LogP contribution in [0.15, 0.2) is 4.47 Å². The maximum atomic E-state index is 4.60. The summed E-state index contributed by atoms with van der Waals surface area (Å²) < 4.78 is 3.39. The lowest BCUT2D eigenvalue weighted by atomic mass is 9.71. The second-order valence-electron chi connectivity index (χ2n) is 6.52. The van der Waals surface area contributed by atoms with Gasteiger partial charge in [0.1, 0.15) is 0 Å². The summed E-state index contributed by atoms with van der Waals surface area (Å²) >= 11 is 3.72. The summed E-state index contributed by atoms with van der Waals surface area (Å²) in [7, 11) is 0. The van der Waals surface area contributed by atoms with E-state index in [-0.39, 0.29) is 0 Å². The van der Waals surface area contributed by atoms with Gasteiger partial charge in [0.05, 0.1) is 15.9 Å². The maximum absolute atomic E-state index is 4.60. The molecule has 2 unspecified atom stereocenters. The first-order chi connectivity index (χ1) is 9.52. The SMILES string of the molecule is CCn1nc(C)c(Br)c1CC1CCC1CNCC(C)C. The van der Waals surface area contributed by atoms with Gasteiger partial charge in [-0.05, 0) is 79.9 Å². The van der Waals surface area contributed by atoms with Crippen molar-refractivity contribution >= 4 is 15.9 Å². The molecule has 0 spiro atoms. The van der Waals surface area contributed by atoms with Crippen molar-refractivity contribution in [3.8, 4) is 0 Å². The highest BCUT2D eigenvalue weighted by Crippen LogP contribution is 2.38. The normalized spacial score (nSPS) is 22.3. The molecule has 1 heterocycles. The number of hydrogen-bond acceptors (Lipinski definition) is 2. The second kappa shape index (κ2) is 7.08. The van der Waals surface area contributed by atoms with Crippen molar-refractivity contribution in [1.29, 1.82) is 0 Å². The molecule has 1 aromatic rings. The van der Waals surface area contributed by atoms with Gasteiger partial charge >= 0.3 is 0 Å². The van der Waals surface area contributed by atoms with Crippen LogP contribution in [0.3, 0.4) is 0 Å². The monoisotopic (exact) mass is 341 g/mol. The highest BCUT2D eigenvalue weighted by atomic mass is 79.9. The number of nitrogens with one attached hydrogen (secondary N) is 1. The van der Waals surface area contributed by atoms with Crippen LogP contribution < -0.4 is 5.32 Å². The van der Waals surface area contributed by atoms with E-state index >= 15 is 0 Å². The van der Waals surface area contributed by atoms with Crippen LogP contribution in [-0.2, 0) is 13.0 Å². The molecule has 1 fully saturated rings. The third kappa shape index (κ3) is 3.64. The first-order valence-electron chi connectivity index (χ1n) is 7.95. The molecule has 0 radical (unpaired) electrons. The van der Waals surface area contributed by atoms with Crippen molar-refractivity contribution in [1.82, 2.24) is 15.1 Å². The maximum Gasteiger partial charge on any atom is 0.0738 e. The van der Waals surface area contributed by atoms with E-state index < -0.39 is 0 Å². The number of aryl methyl sites for hydroxylation is 2. The molecule has 4 heteroatoms. The van der Waals surface area contributed by atoms with Crippen LogP contribution in [0.5, 0.6) is 0 Å². The van der Waals surface area contributed by atoms with E-state index in [2.05, 4.69) is 58.7 Å². The third-order valence-electron chi connectivity index (χ3n) is 4.44. The Morgan fingerprint density at radius 1 is 1.35 bits per heavy atom. The van der Waals surface area contributed by atoms with E-state index in [1.54, 1.807) is 0 Å². The number of halogens is 1. The molecule has 1 aliphatic rings. The third-order valence-corrected chi connectivity index (χ3v) is 5.47. The lowest BCUT2D eigenvalue weighted by Crippen LogP contribution is -2.37. The van der Waals surface area contributed by atoms with Crippen molar-refractivity contribution in [3.05, 3.63) is 15.9 Å². The first kappa shape index (κ1) is 16.0. The van der Waals surface area contributed by atoms with Crippen LogP contribution in [0.25, 0.3) is 0 Å². The summed E-state index contributed by atoms with van der Waals surface area (Å²) in [5, 5.41) is 8.22. The van der Waals surface area contributed by atoms with E-state index in [1.165, 1.54) is 36.0 Å². The number of aromatic nitrogens is 2. The number of rotatable bonds is 7. The van der Waals surface area contributed by atoms with Gasteiger partial charge in [-0.2, -0.15) is 5.10 Å². The second-order valence-corrected chi connectivity index (χ2v) is 7.31. The van der Waals surface area contributed by atoms with Crippen LogP contribution in [0, 0.1) is 24.7 Å². The Morgan fingerprint density at radius 3 is 2.60 bits per heavy atom. The Balaban J connectivity index is 1.90. The summed E-state index contributed by atoms with van der Waals surface area (Å²) in [4.78, 5) is 0. The molecule has 3 nitrogen and oxygen atoms in total. The van der Waals surface area contributed by atoms with E-state index in [9.17, 15) is 0 Å². The van der Waals surface area contributed by atoms with Gasteiger partial charge in [0.15, 0.2) is 0 Å². The molecule has 0 bridgehead atoms. The Bertz CT molecular complexity index is 439. The smallest absolute Gasteiger partial charge is 0.0738 e. The van der Waals surface area contributed by atoms with Crippen molar-refractivity contribution in [3.63, 3.8) is 0 Å². The molecular weight excluding hydrogens is 314 g/mol. The molecule has 0 saturated heterocycles. The molecule has 1 N–H and O–H groups in total. The van der Waals surface area contributed by atoms with Crippen molar-refractivity contribution < 1.29 is 0 Å². The molecule has 1 aliphatic carbocycles. The van der Waals surface area contributed by atoms with Gasteiger partial charge < -0.3 is 5.32 Å². The van der Waals surface area contributed by atoms with Gasteiger partial charge in [-0.15, -0.1) is 0 Å². The Morgan fingerprint density at radius 2 is 2.05 bits per heavy atom. The summed E-state index contributed by atoms with van der Waals surface area (Å²) in [6, 6.07) is 0.